The van der Waals surface area contributed by atoms with Gasteiger partial charge in [-0.15, -0.1) is 0 Å². The minimum absolute atomic E-state index is 0.136. The standard InChI is InChI=1S/C23H22N4O4/c1-4-27-23(29)17-11-7-6-10-16(17)20(26-27)22(28)25-24-14(3)19-13-15-9-8-12-18(30-5-2)21(15)31-19/h6-13H,4-5H2,1-3H3,(H,25,28)/b24-14-. The number of carbonyl (C=O) groups is 1. The molecule has 0 aliphatic heterocycles. The normalized spacial score (nSPS) is 11.8. The third-order valence-corrected chi connectivity index (χ3v) is 4.87. The summed E-state index contributed by atoms with van der Waals surface area (Å²) in [6, 6.07) is 14.4. The molecule has 0 bridgehead atoms. The predicted molar refractivity (Wildman–Crippen MR) is 119 cm³/mol. The number of hydrogen-bond acceptors (Lipinski definition) is 6. The first-order chi connectivity index (χ1) is 15.0. The first-order valence-electron chi connectivity index (χ1n) is 10.0. The van der Waals surface area contributed by atoms with E-state index in [-0.39, 0.29) is 11.3 Å². The van der Waals surface area contributed by atoms with E-state index >= 15 is 0 Å². The summed E-state index contributed by atoms with van der Waals surface area (Å²) in [7, 11) is 0. The maximum Gasteiger partial charge on any atom is 0.292 e. The molecule has 0 radical (unpaired) electrons. The maximum atomic E-state index is 12.8. The lowest BCUT2D eigenvalue weighted by atomic mass is 10.1. The average molecular weight is 418 g/mol. The van der Waals surface area contributed by atoms with Crippen LogP contribution in [0.25, 0.3) is 21.7 Å². The lowest BCUT2D eigenvalue weighted by Gasteiger charge is -2.08. The molecule has 1 amide bonds. The van der Waals surface area contributed by atoms with Crippen molar-refractivity contribution in [2.45, 2.75) is 27.3 Å². The van der Waals surface area contributed by atoms with Gasteiger partial charge in [0.25, 0.3) is 11.5 Å². The van der Waals surface area contributed by atoms with Crippen LogP contribution in [0, 0.1) is 0 Å². The van der Waals surface area contributed by atoms with Crippen molar-refractivity contribution in [2.24, 2.45) is 5.10 Å². The smallest absolute Gasteiger partial charge is 0.292 e. The molecule has 2 aromatic carbocycles. The van der Waals surface area contributed by atoms with Gasteiger partial charge in [0, 0.05) is 17.3 Å². The van der Waals surface area contributed by atoms with Crippen LogP contribution in [0.4, 0.5) is 0 Å². The molecule has 158 valence electrons. The third-order valence-electron chi connectivity index (χ3n) is 4.87. The van der Waals surface area contributed by atoms with E-state index in [9.17, 15) is 9.59 Å². The molecule has 8 heteroatoms. The van der Waals surface area contributed by atoms with Crippen molar-refractivity contribution in [3.05, 3.63) is 70.3 Å². The molecule has 4 aromatic rings. The number of nitrogens with zero attached hydrogens (tertiary/aromatic N) is 3. The van der Waals surface area contributed by atoms with Crippen LogP contribution in [0.2, 0.25) is 0 Å². The van der Waals surface area contributed by atoms with E-state index in [2.05, 4.69) is 15.6 Å². The van der Waals surface area contributed by atoms with Gasteiger partial charge in [0.2, 0.25) is 0 Å². The molecular weight excluding hydrogens is 396 g/mol. The third kappa shape index (κ3) is 3.79. The number of amides is 1. The van der Waals surface area contributed by atoms with Crippen LogP contribution in [0.1, 0.15) is 37.0 Å². The summed E-state index contributed by atoms with van der Waals surface area (Å²) in [5.41, 5.74) is 3.54. The topological polar surface area (TPSA) is 98.7 Å². The molecule has 0 aliphatic rings. The largest absolute Gasteiger partial charge is 0.490 e. The summed E-state index contributed by atoms with van der Waals surface area (Å²) in [6.45, 7) is 6.32. The van der Waals surface area contributed by atoms with E-state index in [1.807, 2.05) is 31.2 Å². The highest BCUT2D eigenvalue weighted by Gasteiger charge is 2.17. The van der Waals surface area contributed by atoms with Crippen LogP contribution in [-0.4, -0.2) is 28.0 Å². The molecule has 0 aliphatic carbocycles. The van der Waals surface area contributed by atoms with Gasteiger partial charge in [0.15, 0.2) is 22.8 Å². The molecule has 2 aromatic heterocycles. The zero-order valence-corrected chi connectivity index (χ0v) is 17.5. The first-order valence-corrected chi connectivity index (χ1v) is 10.0. The van der Waals surface area contributed by atoms with Crippen LogP contribution < -0.4 is 15.7 Å². The highest BCUT2D eigenvalue weighted by Crippen LogP contribution is 2.29. The van der Waals surface area contributed by atoms with Crippen molar-refractivity contribution in [1.82, 2.24) is 15.2 Å². The maximum absolute atomic E-state index is 12.8. The number of benzene rings is 2. The number of nitrogens with one attached hydrogen (secondary N) is 1. The van der Waals surface area contributed by atoms with Gasteiger partial charge in [-0.3, -0.25) is 9.59 Å². The summed E-state index contributed by atoms with van der Waals surface area (Å²) in [5.74, 6) is 0.656. The zero-order valence-electron chi connectivity index (χ0n) is 17.5. The van der Waals surface area contributed by atoms with E-state index in [1.54, 1.807) is 38.1 Å². The average Bonchev–Trinajstić information content (AvgIpc) is 3.23. The molecule has 0 atom stereocenters. The Balaban J connectivity index is 1.65. The SMILES string of the molecule is CCOc1cccc2cc(/C(C)=N\NC(=O)c3nn(CC)c(=O)c4ccccc34)oc12. The lowest BCUT2D eigenvalue weighted by Crippen LogP contribution is -2.28. The summed E-state index contributed by atoms with van der Waals surface area (Å²) in [5, 5.41) is 10.2. The number of aromatic nitrogens is 2. The van der Waals surface area contributed by atoms with Crippen molar-refractivity contribution in [3.63, 3.8) is 0 Å². The Hall–Kier alpha value is -3.94. The van der Waals surface area contributed by atoms with Gasteiger partial charge in [0.1, 0.15) is 5.71 Å². The Morgan fingerprint density at radius 2 is 1.94 bits per heavy atom. The van der Waals surface area contributed by atoms with Crippen molar-refractivity contribution < 1.29 is 13.9 Å². The fraction of sp³-hybridized carbons (Fsp3) is 0.217. The molecule has 0 unspecified atom stereocenters. The van der Waals surface area contributed by atoms with E-state index < -0.39 is 5.91 Å². The number of hydrogen-bond donors (Lipinski definition) is 1. The van der Waals surface area contributed by atoms with Crippen molar-refractivity contribution >= 4 is 33.4 Å². The highest BCUT2D eigenvalue weighted by molar-refractivity contribution is 6.06. The summed E-state index contributed by atoms with van der Waals surface area (Å²) >= 11 is 0. The Morgan fingerprint density at radius 3 is 2.68 bits per heavy atom. The number of rotatable bonds is 6. The molecule has 1 N–H and O–H groups in total. The number of aryl methyl sites for hydroxylation is 1. The van der Waals surface area contributed by atoms with E-state index in [0.717, 1.165) is 5.39 Å². The predicted octanol–water partition coefficient (Wildman–Crippen LogP) is 3.72. The number of furan rings is 1. The van der Waals surface area contributed by atoms with Crippen LogP contribution in [0.15, 0.2) is 62.8 Å². The quantitative estimate of drug-likeness (QED) is 0.380. The van der Waals surface area contributed by atoms with Crippen molar-refractivity contribution in [2.75, 3.05) is 6.61 Å². The van der Waals surface area contributed by atoms with Crippen molar-refractivity contribution in [3.8, 4) is 5.75 Å². The molecule has 8 nitrogen and oxygen atoms in total. The molecular formula is C23H22N4O4. The van der Waals surface area contributed by atoms with Gasteiger partial charge >= 0.3 is 0 Å². The fourth-order valence-electron chi connectivity index (χ4n) is 3.34. The van der Waals surface area contributed by atoms with Crippen molar-refractivity contribution in [1.29, 1.82) is 0 Å². The number of hydrazone groups is 1. The van der Waals surface area contributed by atoms with Gasteiger partial charge in [-0.05, 0) is 39.0 Å². The summed E-state index contributed by atoms with van der Waals surface area (Å²) < 4.78 is 12.8. The Bertz CT molecular complexity index is 1370. The Kier molecular flexibility index (Phi) is 5.53. The van der Waals surface area contributed by atoms with Gasteiger partial charge in [0.05, 0.1) is 12.0 Å². The fourth-order valence-corrected chi connectivity index (χ4v) is 3.34. The van der Waals surface area contributed by atoms with E-state index in [4.69, 9.17) is 9.15 Å². The molecule has 0 saturated carbocycles. The van der Waals surface area contributed by atoms with Crippen LogP contribution in [0.5, 0.6) is 5.75 Å². The summed E-state index contributed by atoms with van der Waals surface area (Å²) in [4.78, 5) is 25.3. The minimum Gasteiger partial charge on any atom is -0.490 e. The second-order valence-corrected chi connectivity index (χ2v) is 6.87. The lowest BCUT2D eigenvalue weighted by molar-refractivity contribution is 0.0949. The summed E-state index contributed by atoms with van der Waals surface area (Å²) in [6.07, 6.45) is 0. The van der Waals surface area contributed by atoms with Crippen LogP contribution in [0.3, 0.4) is 0 Å². The number of carbonyl (C=O) groups excluding carboxylic acids is 1. The molecule has 31 heavy (non-hydrogen) atoms. The van der Waals surface area contributed by atoms with Gasteiger partial charge in [-0.1, -0.05) is 30.3 Å². The zero-order chi connectivity index (χ0) is 22.0. The van der Waals surface area contributed by atoms with E-state index in [0.29, 0.717) is 46.7 Å². The molecule has 0 saturated heterocycles. The monoisotopic (exact) mass is 418 g/mol. The molecule has 0 spiro atoms. The minimum atomic E-state index is -0.510. The second-order valence-electron chi connectivity index (χ2n) is 6.87. The Labute approximate surface area is 178 Å². The van der Waals surface area contributed by atoms with Gasteiger partial charge in [-0.25, -0.2) is 10.1 Å². The van der Waals surface area contributed by atoms with Crippen LogP contribution in [-0.2, 0) is 6.54 Å². The highest BCUT2D eigenvalue weighted by atomic mass is 16.5. The first kappa shape index (κ1) is 20.3. The molecule has 0 fully saturated rings. The Morgan fingerprint density at radius 1 is 1.16 bits per heavy atom. The molecule has 2 heterocycles. The number of fused-ring (bicyclic) bond motifs is 2. The van der Waals surface area contributed by atoms with Gasteiger partial charge in [-0.2, -0.15) is 10.2 Å². The molecule has 4 rings (SSSR count). The second kappa shape index (κ2) is 8.43. The van der Waals surface area contributed by atoms with Crippen LogP contribution >= 0.6 is 0 Å². The number of para-hydroxylation sites is 1. The van der Waals surface area contributed by atoms with Gasteiger partial charge < -0.3 is 9.15 Å². The number of ether oxygens (including phenoxy) is 1. The van der Waals surface area contributed by atoms with E-state index in [1.165, 1.54) is 4.68 Å².